The minimum absolute atomic E-state index is 0.0376. The van der Waals surface area contributed by atoms with E-state index in [0.29, 0.717) is 11.4 Å². The molecule has 9 heteroatoms. The number of hydrogen-bond donors (Lipinski definition) is 2. The topological polar surface area (TPSA) is 106 Å². The highest BCUT2D eigenvalue weighted by Gasteiger charge is 2.31. The molecule has 0 spiro atoms. The molecule has 2 rings (SSSR count). The number of piperazine rings is 1. The number of aromatic nitrogens is 2. The van der Waals surface area contributed by atoms with E-state index in [1.807, 2.05) is 0 Å². The Kier molecular flexibility index (Phi) is 6.95. The van der Waals surface area contributed by atoms with Crippen LogP contribution in [0.3, 0.4) is 0 Å². The molecule has 0 bridgehead atoms. The van der Waals surface area contributed by atoms with E-state index in [1.54, 1.807) is 53.9 Å². The van der Waals surface area contributed by atoms with E-state index < -0.39 is 23.4 Å². The molecule has 2 heterocycles. The quantitative estimate of drug-likeness (QED) is 0.806. The smallest absolute Gasteiger partial charge is 0.420 e. The van der Waals surface area contributed by atoms with Crippen LogP contribution in [0, 0.1) is 0 Å². The van der Waals surface area contributed by atoms with Crippen molar-refractivity contribution in [3.63, 3.8) is 0 Å². The molecule has 0 aliphatic carbocycles. The van der Waals surface area contributed by atoms with Gasteiger partial charge in [-0.25, -0.2) is 24.5 Å². The zero-order valence-corrected chi connectivity index (χ0v) is 17.5. The molecule has 1 unspecified atom stereocenters. The molecule has 1 aliphatic rings. The monoisotopic (exact) mass is 393 g/mol. The highest BCUT2D eigenvalue weighted by molar-refractivity contribution is 5.88. The van der Waals surface area contributed by atoms with E-state index in [9.17, 15) is 9.59 Å². The van der Waals surface area contributed by atoms with Crippen molar-refractivity contribution in [1.82, 2.24) is 25.5 Å². The van der Waals surface area contributed by atoms with Crippen LogP contribution in [-0.2, 0) is 16.0 Å². The third-order valence-electron chi connectivity index (χ3n) is 3.65. The van der Waals surface area contributed by atoms with Crippen molar-refractivity contribution in [3.8, 4) is 0 Å². The summed E-state index contributed by atoms with van der Waals surface area (Å²) < 4.78 is 10.7. The average Bonchev–Trinajstić information content (AvgIpc) is 2.58. The van der Waals surface area contributed by atoms with Gasteiger partial charge in [0.1, 0.15) is 17.0 Å². The van der Waals surface area contributed by atoms with Crippen LogP contribution in [0.5, 0.6) is 0 Å². The average molecular weight is 393 g/mol. The number of carbonyl (C=O) groups excluding carboxylic acids is 2. The number of amides is 2. The lowest BCUT2D eigenvalue weighted by atomic mass is 10.2. The zero-order valence-electron chi connectivity index (χ0n) is 17.5. The summed E-state index contributed by atoms with van der Waals surface area (Å²) in [5.74, 6) is 0.664. The summed E-state index contributed by atoms with van der Waals surface area (Å²) in [4.78, 5) is 34.8. The summed E-state index contributed by atoms with van der Waals surface area (Å²) in [6.07, 6.45) is 1.67. The second kappa shape index (κ2) is 8.83. The van der Waals surface area contributed by atoms with Gasteiger partial charge in [0.25, 0.3) is 0 Å². The van der Waals surface area contributed by atoms with Gasteiger partial charge in [0.2, 0.25) is 0 Å². The molecule has 0 aromatic carbocycles. The number of hydrogen-bond acceptors (Lipinski definition) is 8. The Morgan fingerprint density at radius 2 is 1.57 bits per heavy atom. The van der Waals surface area contributed by atoms with E-state index in [-0.39, 0.29) is 12.6 Å². The van der Waals surface area contributed by atoms with Crippen molar-refractivity contribution in [3.05, 3.63) is 23.8 Å². The Bertz CT molecular complexity index is 645. The number of carbonyl (C=O) groups is 2. The Morgan fingerprint density at radius 1 is 1.04 bits per heavy atom. The minimum Gasteiger partial charge on any atom is -0.443 e. The third-order valence-corrected chi connectivity index (χ3v) is 3.65. The molecule has 0 radical (unpaired) electrons. The van der Waals surface area contributed by atoms with Crippen LogP contribution in [0.25, 0.3) is 0 Å². The van der Waals surface area contributed by atoms with Gasteiger partial charge in [-0.05, 0) is 41.5 Å². The molecule has 1 fully saturated rings. The molecule has 9 nitrogen and oxygen atoms in total. The largest absolute Gasteiger partial charge is 0.443 e. The van der Waals surface area contributed by atoms with E-state index in [0.717, 1.165) is 24.5 Å². The zero-order chi connectivity index (χ0) is 20.9. The van der Waals surface area contributed by atoms with Gasteiger partial charge >= 0.3 is 12.2 Å². The standard InChI is InChI=1S/C19H31N5O4/c1-18(2,3)27-16(25)24(17(26)28-19(4,5)6)12-13-9-22-15(23-10-13)14-11-20-7-8-21-14/h9-10,14,20-21H,7-8,11-12H2,1-6H3. The van der Waals surface area contributed by atoms with Crippen LogP contribution in [0.1, 0.15) is 59.0 Å². The highest BCUT2D eigenvalue weighted by Crippen LogP contribution is 2.17. The summed E-state index contributed by atoms with van der Waals surface area (Å²) in [6, 6.07) is 0.0376. The van der Waals surface area contributed by atoms with Crippen LogP contribution in [0.2, 0.25) is 0 Å². The van der Waals surface area contributed by atoms with Crippen molar-refractivity contribution < 1.29 is 19.1 Å². The first-order valence-corrected chi connectivity index (χ1v) is 9.43. The van der Waals surface area contributed by atoms with Crippen LogP contribution < -0.4 is 10.6 Å². The first-order chi connectivity index (χ1) is 12.9. The first-order valence-electron chi connectivity index (χ1n) is 9.43. The van der Waals surface area contributed by atoms with Gasteiger partial charge in [-0.2, -0.15) is 0 Å². The van der Waals surface area contributed by atoms with Gasteiger partial charge in [0.15, 0.2) is 0 Å². The summed E-state index contributed by atoms with van der Waals surface area (Å²) in [5, 5.41) is 6.62. The molecule has 0 saturated carbocycles. The predicted molar refractivity (Wildman–Crippen MR) is 104 cm³/mol. The second-order valence-electron chi connectivity index (χ2n) is 8.71. The molecular weight excluding hydrogens is 362 g/mol. The Hall–Kier alpha value is -2.26. The van der Waals surface area contributed by atoms with Crippen molar-refractivity contribution in [2.45, 2.75) is 65.3 Å². The number of nitrogens with one attached hydrogen (secondary N) is 2. The molecule has 156 valence electrons. The van der Waals surface area contributed by atoms with Crippen molar-refractivity contribution in [2.24, 2.45) is 0 Å². The lowest BCUT2D eigenvalue weighted by Crippen LogP contribution is -2.43. The van der Waals surface area contributed by atoms with E-state index in [4.69, 9.17) is 9.47 Å². The molecule has 2 amide bonds. The molecular formula is C19H31N5O4. The van der Waals surface area contributed by atoms with Crippen molar-refractivity contribution in [2.75, 3.05) is 19.6 Å². The minimum atomic E-state index is -0.774. The van der Waals surface area contributed by atoms with Crippen LogP contribution >= 0.6 is 0 Å². The van der Waals surface area contributed by atoms with Crippen LogP contribution in [-0.4, -0.2) is 57.9 Å². The summed E-state index contributed by atoms with van der Waals surface area (Å²) in [7, 11) is 0. The molecule has 1 aromatic heterocycles. The van der Waals surface area contributed by atoms with Crippen molar-refractivity contribution in [1.29, 1.82) is 0 Å². The SMILES string of the molecule is CC(C)(C)OC(=O)N(Cc1cnc(C2CNCCN2)nc1)C(=O)OC(C)(C)C. The molecule has 1 atom stereocenters. The van der Waals surface area contributed by atoms with Gasteiger partial charge in [0.05, 0.1) is 12.6 Å². The lowest BCUT2D eigenvalue weighted by molar-refractivity contribution is -0.000277. The summed E-state index contributed by atoms with van der Waals surface area (Å²) in [5.41, 5.74) is -0.876. The van der Waals surface area contributed by atoms with Gasteiger partial charge in [-0.15, -0.1) is 0 Å². The number of ether oxygens (including phenoxy) is 2. The maximum absolute atomic E-state index is 12.5. The summed E-state index contributed by atoms with van der Waals surface area (Å²) in [6.45, 7) is 12.9. The molecule has 1 saturated heterocycles. The van der Waals surface area contributed by atoms with Gasteiger partial charge in [-0.1, -0.05) is 0 Å². The fourth-order valence-corrected chi connectivity index (χ4v) is 2.48. The molecule has 1 aromatic rings. The predicted octanol–water partition coefficient (Wildman–Crippen LogP) is 2.38. The Balaban J connectivity index is 2.14. The summed E-state index contributed by atoms with van der Waals surface area (Å²) >= 11 is 0. The number of nitrogens with zero attached hydrogens (tertiary/aromatic N) is 3. The maximum atomic E-state index is 12.5. The second-order valence-corrected chi connectivity index (χ2v) is 8.71. The van der Waals surface area contributed by atoms with E-state index >= 15 is 0 Å². The van der Waals surface area contributed by atoms with Crippen molar-refractivity contribution >= 4 is 12.2 Å². The third kappa shape index (κ3) is 7.05. The van der Waals surface area contributed by atoms with Crippen LogP contribution in [0.4, 0.5) is 9.59 Å². The van der Waals surface area contributed by atoms with Crippen LogP contribution in [0.15, 0.2) is 12.4 Å². The highest BCUT2D eigenvalue weighted by atomic mass is 16.6. The van der Waals surface area contributed by atoms with E-state index in [1.165, 1.54) is 0 Å². The fraction of sp³-hybridized carbons (Fsp3) is 0.684. The molecule has 2 N–H and O–H groups in total. The lowest BCUT2D eigenvalue weighted by Gasteiger charge is -2.28. The number of imide groups is 1. The Morgan fingerprint density at radius 3 is 2.00 bits per heavy atom. The maximum Gasteiger partial charge on any atom is 0.420 e. The molecule has 1 aliphatic heterocycles. The Labute approximate surface area is 166 Å². The van der Waals surface area contributed by atoms with Gasteiger partial charge in [0, 0.05) is 37.6 Å². The number of rotatable bonds is 3. The van der Waals surface area contributed by atoms with E-state index in [2.05, 4.69) is 20.6 Å². The fourth-order valence-electron chi connectivity index (χ4n) is 2.48. The first kappa shape index (κ1) is 22.0. The normalized spacial score (nSPS) is 17.7. The van der Waals surface area contributed by atoms with Gasteiger partial charge in [-0.3, -0.25) is 0 Å². The molecule has 28 heavy (non-hydrogen) atoms. The van der Waals surface area contributed by atoms with Gasteiger partial charge < -0.3 is 20.1 Å².